The summed E-state index contributed by atoms with van der Waals surface area (Å²) in [5, 5.41) is 12.0. The number of carbonyl (C=O) groups excluding carboxylic acids is 3. The Hall–Kier alpha value is -3.16. The van der Waals surface area contributed by atoms with Gasteiger partial charge < -0.3 is 19.9 Å². The van der Waals surface area contributed by atoms with Gasteiger partial charge in [-0.15, -0.1) is 0 Å². The lowest BCUT2D eigenvalue weighted by Gasteiger charge is -2.24. The number of hydrogen-bond donors (Lipinski definition) is 2. The van der Waals surface area contributed by atoms with Gasteiger partial charge in [0.2, 0.25) is 5.91 Å². The number of allylic oxidation sites excluding steroid dienone is 2. The molecule has 150 valence electrons. The Bertz CT molecular complexity index is 763. The molecular weight excluding hydrogens is 366 g/mol. The van der Waals surface area contributed by atoms with Crippen LogP contribution in [-0.4, -0.2) is 42.1 Å². The molecule has 1 aromatic rings. The third-order valence-electron chi connectivity index (χ3n) is 4.31. The van der Waals surface area contributed by atoms with Crippen LogP contribution in [0.2, 0.25) is 0 Å². The second-order valence-corrected chi connectivity index (χ2v) is 6.22. The van der Waals surface area contributed by atoms with Gasteiger partial charge in [0.25, 0.3) is 0 Å². The molecule has 1 aliphatic rings. The zero-order valence-corrected chi connectivity index (χ0v) is 15.8. The van der Waals surface area contributed by atoms with E-state index in [0.29, 0.717) is 6.42 Å². The van der Waals surface area contributed by atoms with Gasteiger partial charge in [0.1, 0.15) is 0 Å². The summed E-state index contributed by atoms with van der Waals surface area (Å²) < 4.78 is 9.91. The number of amides is 1. The number of ether oxygens (including phenoxy) is 2. The molecule has 0 aliphatic heterocycles. The van der Waals surface area contributed by atoms with E-state index in [0.717, 1.165) is 0 Å². The predicted molar refractivity (Wildman–Crippen MR) is 100.0 cm³/mol. The summed E-state index contributed by atoms with van der Waals surface area (Å²) in [4.78, 5) is 48.2. The highest BCUT2D eigenvalue weighted by Crippen LogP contribution is 2.28. The number of hydrogen-bond acceptors (Lipinski definition) is 6. The first-order valence-corrected chi connectivity index (χ1v) is 9.05. The number of carboxylic acid groups (broad SMARTS) is 1. The van der Waals surface area contributed by atoms with Crippen molar-refractivity contribution in [3.05, 3.63) is 41.5 Å². The van der Waals surface area contributed by atoms with E-state index in [9.17, 15) is 24.3 Å². The van der Waals surface area contributed by atoms with E-state index in [1.807, 2.05) is 0 Å². The molecule has 0 radical (unpaired) electrons. The van der Waals surface area contributed by atoms with E-state index in [1.165, 1.54) is 18.2 Å². The summed E-state index contributed by atoms with van der Waals surface area (Å²) in [5.74, 6) is -4.41. The van der Waals surface area contributed by atoms with Gasteiger partial charge in [-0.25, -0.2) is 9.59 Å². The van der Waals surface area contributed by atoms with E-state index in [4.69, 9.17) is 9.47 Å². The first-order valence-electron chi connectivity index (χ1n) is 9.05. The van der Waals surface area contributed by atoms with Crippen LogP contribution in [0.25, 0.3) is 0 Å². The number of carbonyl (C=O) groups is 4. The Morgan fingerprint density at radius 2 is 1.43 bits per heavy atom. The summed E-state index contributed by atoms with van der Waals surface area (Å²) in [6, 6.07) is 4.09. The number of nitrogens with one attached hydrogen (secondary N) is 1. The van der Waals surface area contributed by atoms with Crippen LogP contribution in [0, 0.1) is 11.8 Å². The molecule has 8 heteroatoms. The first-order chi connectivity index (χ1) is 13.4. The number of esters is 2. The van der Waals surface area contributed by atoms with Crippen molar-refractivity contribution in [1.82, 2.24) is 0 Å². The average Bonchev–Trinajstić information content (AvgIpc) is 2.68. The zero-order chi connectivity index (χ0) is 20.7. The van der Waals surface area contributed by atoms with E-state index in [2.05, 4.69) is 5.32 Å². The van der Waals surface area contributed by atoms with Crippen LogP contribution in [-0.2, 0) is 19.1 Å². The number of benzene rings is 1. The Kier molecular flexibility index (Phi) is 7.31. The molecule has 2 N–H and O–H groups in total. The molecule has 0 bridgehead atoms. The summed E-state index contributed by atoms with van der Waals surface area (Å²) in [5.41, 5.74) is 0.361. The zero-order valence-electron chi connectivity index (χ0n) is 15.8. The highest BCUT2D eigenvalue weighted by Gasteiger charge is 2.34. The molecule has 0 spiro atoms. The molecule has 0 heterocycles. The summed E-state index contributed by atoms with van der Waals surface area (Å²) >= 11 is 0. The maximum absolute atomic E-state index is 12.7. The van der Waals surface area contributed by atoms with Crippen LogP contribution in [0.5, 0.6) is 0 Å². The second kappa shape index (κ2) is 9.68. The van der Waals surface area contributed by atoms with Gasteiger partial charge in [-0.1, -0.05) is 12.2 Å². The molecule has 2 unspecified atom stereocenters. The fourth-order valence-electron chi connectivity index (χ4n) is 2.98. The van der Waals surface area contributed by atoms with Crippen LogP contribution in [0.1, 0.15) is 47.4 Å². The van der Waals surface area contributed by atoms with Gasteiger partial charge >= 0.3 is 17.9 Å². The minimum atomic E-state index is -1.04. The van der Waals surface area contributed by atoms with E-state index in [1.54, 1.807) is 26.0 Å². The Morgan fingerprint density at radius 3 is 1.89 bits per heavy atom. The fourth-order valence-corrected chi connectivity index (χ4v) is 2.98. The Balaban J connectivity index is 2.31. The second-order valence-electron chi connectivity index (χ2n) is 6.22. The number of rotatable bonds is 7. The lowest BCUT2D eigenvalue weighted by molar-refractivity contribution is -0.146. The maximum atomic E-state index is 12.7. The van der Waals surface area contributed by atoms with Crippen molar-refractivity contribution < 1.29 is 33.8 Å². The van der Waals surface area contributed by atoms with Crippen molar-refractivity contribution in [1.29, 1.82) is 0 Å². The van der Waals surface area contributed by atoms with Crippen molar-refractivity contribution >= 4 is 29.5 Å². The molecule has 0 saturated carbocycles. The third kappa shape index (κ3) is 5.18. The Morgan fingerprint density at radius 1 is 0.929 bits per heavy atom. The van der Waals surface area contributed by atoms with Gasteiger partial charge in [-0.05, 0) is 44.9 Å². The third-order valence-corrected chi connectivity index (χ3v) is 4.31. The smallest absolute Gasteiger partial charge is 0.338 e. The summed E-state index contributed by atoms with van der Waals surface area (Å²) in [7, 11) is 0. The average molecular weight is 389 g/mol. The molecule has 1 aliphatic carbocycles. The van der Waals surface area contributed by atoms with Crippen LogP contribution < -0.4 is 5.32 Å². The van der Waals surface area contributed by atoms with E-state index < -0.39 is 35.7 Å². The standard InChI is InChI=1S/C20H23NO7/c1-3-27-19(25)12-9-13(20(26)28-4-2)11-14(10-12)21-17(22)15-7-5-6-8-16(15)18(23)24/h5-6,9-11,15-16H,3-4,7-8H2,1-2H3,(H,21,22)(H,23,24). The fraction of sp³-hybridized carbons (Fsp3) is 0.400. The molecule has 1 amide bonds. The van der Waals surface area contributed by atoms with Crippen molar-refractivity contribution in [3.8, 4) is 0 Å². The Labute approximate surface area is 162 Å². The van der Waals surface area contributed by atoms with Gasteiger partial charge in [0.15, 0.2) is 0 Å². The van der Waals surface area contributed by atoms with Crippen LogP contribution >= 0.6 is 0 Å². The normalized spacial score (nSPS) is 18.2. The van der Waals surface area contributed by atoms with Crippen LogP contribution in [0.15, 0.2) is 30.4 Å². The molecular formula is C20H23NO7. The topological polar surface area (TPSA) is 119 Å². The minimum absolute atomic E-state index is 0.0843. The van der Waals surface area contributed by atoms with Crippen molar-refractivity contribution in [3.63, 3.8) is 0 Å². The highest BCUT2D eigenvalue weighted by atomic mass is 16.5. The molecule has 0 aromatic heterocycles. The number of anilines is 1. The SMILES string of the molecule is CCOC(=O)c1cc(NC(=O)C2CC=CCC2C(=O)O)cc(C(=O)OCC)c1. The molecule has 1 aromatic carbocycles. The summed E-state index contributed by atoms with van der Waals surface area (Å²) in [6.45, 7) is 3.61. The molecule has 0 fully saturated rings. The quantitative estimate of drug-likeness (QED) is 0.543. The largest absolute Gasteiger partial charge is 0.481 e. The first kappa shape index (κ1) is 21.1. The van der Waals surface area contributed by atoms with Crippen molar-refractivity contribution in [2.75, 3.05) is 18.5 Å². The van der Waals surface area contributed by atoms with Gasteiger partial charge in [0, 0.05) is 5.69 Å². The molecule has 2 rings (SSSR count). The highest BCUT2D eigenvalue weighted by molar-refractivity contribution is 6.00. The van der Waals surface area contributed by atoms with Crippen molar-refractivity contribution in [2.24, 2.45) is 11.8 Å². The summed E-state index contributed by atoms with van der Waals surface area (Å²) in [6.07, 6.45) is 4.07. The van der Waals surface area contributed by atoms with Gasteiger partial charge in [-0.2, -0.15) is 0 Å². The number of carboxylic acids is 1. The lowest BCUT2D eigenvalue weighted by atomic mass is 9.82. The molecule has 8 nitrogen and oxygen atoms in total. The lowest BCUT2D eigenvalue weighted by Crippen LogP contribution is -2.34. The minimum Gasteiger partial charge on any atom is -0.481 e. The van der Waals surface area contributed by atoms with E-state index in [-0.39, 0.29) is 36.4 Å². The molecule has 28 heavy (non-hydrogen) atoms. The van der Waals surface area contributed by atoms with E-state index >= 15 is 0 Å². The van der Waals surface area contributed by atoms with Crippen LogP contribution in [0.3, 0.4) is 0 Å². The van der Waals surface area contributed by atoms with Crippen molar-refractivity contribution in [2.45, 2.75) is 26.7 Å². The maximum Gasteiger partial charge on any atom is 0.338 e. The van der Waals surface area contributed by atoms with Crippen LogP contribution in [0.4, 0.5) is 5.69 Å². The number of aliphatic carboxylic acids is 1. The predicted octanol–water partition coefficient (Wildman–Crippen LogP) is 2.65. The molecule has 2 atom stereocenters. The monoisotopic (exact) mass is 389 g/mol. The van der Waals surface area contributed by atoms with Gasteiger partial charge in [0.05, 0.1) is 36.2 Å². The van der Waals surface area contributed by atoms with Gasteiger partial charge in [-0.3, -0.25) is 9.59 Å². The molecule has 0 saturated heterocycles.